The third-order valence-corrected chi connectivity index (χ3v) is 2.47. The molecule has 0 aliphatic heterocycles. The van der Waals surface area contributed by atoms with Crippen molar-refractivity contribution in [3.05, 3.63) is 21.2 Å². The van der Waals surface area contributed by atoms with E-state index in [1.807, 2.05) is 6.26 Å². The van der Waals surface area contributed by atoms with Crippen LogP contribution in [0.1, 0.15) is 31.9 Å². The number of hydrogen-bond donors (Lipinski definition) is 0. The summed E-state index contributed by atoms with van der Waals surface area (Å²) in [5.41, 5.74) is 2.79. The molecule has 0 aliphatic carbocycles. The monoisotopic (exact) mass is 264 g/mol. The number of rotatable bonds is 0. The Hall–Kier alpha value is 0.01000. The highest BCUT2D eigenvalue weighted by Gasteiger charge is 2.21. The van der Waals surface area contributed by atoms with Gasteiger partial charge in [0, 0.05) is 5.56 Å². The van der Waals surface area contributed by atoms with Gasteiger partial charge in [-0.1, -0.05) is 20.8 Å². The van der Waals surface area contributed by atoms with Crippen LogP contribution < -0.4 is 0 Å². The van der Waals surface area contributed by atoms with E-state index in [9.17, 15) is 0 Å². The molecule has 0 atom stereocenters. The lowest BCUT2D eigenvalue weighted by molar-refractivity contribution is 0.509. The van der Waals surface area contributed by atoms with Gasteiger partial charge >= 0.3 is 0 Å². The van der Waals surface area contributed by atoms with Crippen LogP contribution >= 0.6 is 22.6 Å². The summed E-state index contributed by atoms with van der Waals surface area (Å²) in [6.45, 7) is 8.69. The topological polar surface area (TPSA) is 13.1 Å². The third-order valence-electron chi connectivity index (χ3n) is 1.68. The Kier molecular flexibility index (Phi) is 2.32. The molecule has 1 heterocycles. The molecule has 0 fully saturated rings. The molecular formula is C9H13IO. The number of aryl methyl sites for hydroxylation is 1. The maximum Gasteiger partial charge on any atom is 0.167 e. The Labute approximate surface area is 81.3 Å². The highest BCUT2D eigenvalue weighted by molar-refractivity contribution is 14.1. The fourth-order valence-electron chi connectivity index (χ4n) is 1.30. The Morgan fingerprint density at radius 1 is 1.36 bits per heavy atom. The number of hydrogen-bond acceptors (Lipinski definition) is 1. The molecule has 1 rings (SSSR count). The van der Waals surface area contributed by atoms with Gasteiger partial charge in [0.05, 0.1) is 6.26 Å². The van der Waals surface area contributed by atoms with E-state index in [-0.39, 0.29) is 5.41 Å². The summed E-state index contributed by atoms with van der Waals surface area (Å²) in [6, 6.07) is 0. The summed E-state index contributed by atoms with van der Waals surface area (Å²) >= 11 is 2.24. The molecule has 0 spiro atoms. The van der Waals surface area contributed by atoms with Crippen molar-refractivity contribution in [1.82, 2.24) is 0 Å². The minimum atomic E-state index is 0.202. The van der Waals surface area contributed by atoms with Crippen molar-refractivity contribution in [2.45, 2.75) is 33.1 Å². The minimum absolute atomic E-state index is 0.202. The van der Waals surface area contributed by atoms with E-state index in [0.29, 0.717) is 0 Å². The van der Waals surface area contributed by atoms with Gasteiger partial charge in [-0.2, -0.15) is 0 Å². The number of furan rings is 1. The summed E-state index contributed by atoms with van der Waals surface area (Å²) in [7, 11) is 0. The first-order valence-electron chi connectivity index (χ1n) is 3.67. The normalized spacial score (nSPS) is 12.1. The fraction of sp³-hybridized carbons (Fsp3) is 0.556. The molecule has 0 N–H and O–H groups in total. The maximum atomic E-state index is 5.31. The van der Waals surface area contributed by atoms with Crippen molar-refractivity contribution in [2.24, 2.45) is 0 Å². The van der Waals surface area contributed by atoms with E-state index >= 15 is 0 Å². The molecule has 0 radical (unpaired) electrons. The van der Waals surface area contributed by atoms with Crippen LogP contribution in [0.25, 0.3) is 0 Å². The van der Waals surface area contributed by atoms with Crippen LogP contribution in [-0.2, 0) is 5.41 Å². The van der Waals surface area contributed by atoms with Gasteiger partial charge in [0.25, 0.3) is 0 Å². The molecule has 2 heteroatoms. The van der Waals surface area contributed by atoms with Crippen molar-refractivity contribution >= 4 is 22.6 Å². The van der Waals surface area contributed by atoms with E-state index in [0.717, 1.165) is 3.77 Å². The fourth-order valence-corrected chi connectivity index (χ4v) is 2.66. The largest absolute Gasteiger partial charge is 0.458 e. The molecule has 1 nitrogen and oxygen atoms in total. The lowest BCUT2D eigenvalue weighted by Gasteiger charge is -2.17. The first-order valence-corrected chi connectivity index (χ1v) is 4.75. The van der Waals surface area contributed by atoms with Crippen molar-refractivity contribution in [3.8, 4) is 0 Å². The quantitative estimate of drug-likeness (QED) is 0.654. The Balaban J connectivity index is 3.21. The van der Waals surface area contributed by atoms with Crippen LogP contribution in [0.3, 0.4) is 0 Å². The molecule has 0 unspecified atom stereocenters. The van der Waals surface area contributed by atoms with Crippen molar-refractivity contribution < 1.29 is 4.42 Å². The lowest BCUT2D eigenvalue weighted by Crippen LogP contribution is -2.12. The first-order chi connectivity index (χ1) is 4.93. The number of halogens is 1. The summed E-state index contributed by atoms with van der Waals surface area (Å²) in [5.74, 6) is 0. The van der Waals surface area contributed by atoms with Gasteiger partial charge in [-0.3, -0.25) is 0 Å². The van der Waals surface area contributed by atoms with Gasteiger partial charge in [0.2, 0.25) is 0 Å². The molecule has 0 aromatic carbocycles. The van der Waals surface area contributed by atoms with Crippen molar-refractivity contribution in [2.75, 3.05) is 0 Å². The minimum Gasteiger partial charge on any atom is -0.458 e. The molecule has 1 aromatic heterocycles. The molecule has 0 bridgehead atoms. The van der Waals surface area contributed by atoms with Gasteiger partial charge < -0.3 is 4.42 Å². The second kappa shape index (κ2) is 2.81. The maximum absolute atomic E-state index is 5.31. The zero-order valence-electron chi connectivity index (χ0n) is 7.36. The van der Waals surface area contributed by atoms with Crippen LogP contribution in [0.4, 0.5) is 0 Å². The molecule has 11 heavy (non-hydrogen) atoms. The van der Waals surface area contributed by atoms with Gasteiger partial charge in [-0.05, 0) is 40.5 Å². The molecule has 0 aliphatic rings. The first kappa shape index (κ1) is 9.10. The van der Waals surface area contributed by atoms with E-state index in [4.69, 9.17) is 4.42 Å². The van der Waals surface area contributed by atoms with Crippen LogP contribution in [0.15, 0.2) is 10.7 Å². The lowest BCUT2D eigenvalue weighted by atomic mass is 9.87. The SMILES string of the molecule is Cc1coc(I)c1C(C)(C)C. The van der Waals surface area contributed by atoms with Crippen molar-refractivity contribution in [1.29, 1.82) is 0 Å². The molecule has 0 saturated heterocycles. The Morgan fingerprint density at radius 3 is 2.09 bits per heavy atom. The molecule has 0 saturated carbocycles. The van der Waals surface area contributed by atoms with Gasteiger partial charge in [-0.15, -0.1) is 0 Å². The van der Waals surface area contributed by atoms with Crippen LogP contribution in [0.2, 0.25) is 0 Å². The molecule has 1 aromatic rings. The van der Waals surface area contributed by atoms with Gasteiger partial charge in [0.15, 0.2) is 3.77 Å². The van der Waals surface area contributed by atoms with E-state index in [1.165, 1.54) is 11.1 Å². The van der Waals surface area contributed by atoms with E-state index in [2.05, 4.69) is 50.3 Å². The third kappa shape index (κ3) is 1.78. The Morgan fingerprint density at radius 2 is 1.91 bits per heavy atom. The predicted octanol–water partition coefficient (Wildman–Crippen LogP) is 3.49. The molecule has 0 amide bonds. The average molecular weight is 264 g/mol. The summed E-state index contributed by atoms with van der Waals surface area (Å²) in [4.78, 5) is 0. The zero-order chi connectivity index (χ0) is 8.65. The standard InChI is InChI=1S/C9H13IO/c1-6-5-11-8(10)7(6)9(2,3)4/h5H,1-4H3. The van der Waals surface area contributed by atoms with E-state index < -0.39 is 0 Å². The Bertz CT molecular complexity index is 236. The van der Waals surface area contributed by atoms with E-state index in [1.54, 1.807) is 0 Å². The van der Waals surface area contributed by atoms with Crippen LogP contribution in [-0.4, -0.2) is 0 Å². The van der Waals surface area contributed by atoms with Gasteiger partial charge in [-0.25, -0.2) is 0 Å². The smallest absolute Gasteiger partial charge is 0.167 e. The summed E-state index contributed by atoms with van der Waals surface area (Å²) in [6.07, 6.45) is 1.82. The molecule has 62 valence electrons. The summed E-state index contributed by atoms with van der Waals surface area (Å²) < 4.78 is 6.33. The second-order valence-electron chi connectivity index (χ2n) is 3.82. The van der Waals surface area contributed by atoms with Crippen LogP contribution in [0, 0.1) is 10.7 Å². The average Bonchev–Trinajstić information content (AvgIpc) is 2.08. The van der Waals surface area contributed by atoms with Crippen LogP contribution in [0.5, 0.6) is 0 Å². The highest BCUT2D eigenvalue weighted by atomic mass is 127. The highest BCUT2D eigenvalue weighted by Crippen LogP contribution is 2.30. The summed E-state index contributed by atoms with van der Waals surface area (Å²) in [5, 5.41) is 0. The van der Waals surface area contributed by atoms with Crippen molar-refractivity contribution in [3.63, 3.8) is 0 Å². The zero-order valence-corrected chi connectivity index (χ0v) is 9.52. The van der Waals surface area contributed by atoms with Gasteiger partial charge in [0.1, 0.15) is 0 Å². The second-order valence-corrected chi connectivity index (χ2v) is 4.80. The predicted molar refractivity (Wildman–Crippen MR) is 54.9 cm³/mol. The molecular weight excluding hydrogens is 251 g/mol.